The van der Waals surface area contributed by atoms with Crippen molar-refractivity contribution in [2.45, 2.75) is 11.8 Å². The molecule has 0 spiro atoms. The van der Waals surface area contributed by atoms with E-state index in [1.54, 1.807) is 42.5 Å². The van der Waals surface area contributed by atoms with E-state index < -0.39 is 10.0 Å². The van der Waals surface area contributed by atoms with Crippen molar-refractivity contribution in [3.63, 3.8) is 0 Å². The van der Waals surface area contributed by atoms with Gasteiger partial charge in [-0.05, 0) is 31.2 Å². The molecule has 0 atom stereocenters. The Balaban J connectivity index is 1.50. The Morgan fingerprint density at radius 2 is 1.67 bits per heavy atom. The van der Waals surface area contributed by atoms with Gasteiger partial charge in [0.2, 0.25) is 10.0 Å². The Kier molecular flexibility index (Phi) is 7.49. The summed E-state index contributed by atoms with van der Waals surface area (Å²) in [7, 11) is -3.53. The highest BCUT2D eigenvalue weighted by atomic mass is 35.5. The van der Waals surface area contributed by atoms with Crippen molar-refractivity contribution < 1.29 is 13.2 Å². The largest absolute Gasteiger partial charge is 0.292 e. The number of hydrogen-bond acceptors (Lipinski definition) is 5. The molecule has 0 aliphatic carbocycles. The van der Waals surface area contributed by atoms with Crippen LogP contribution >= 0.6 is 23.2 Å². The summed E-state index contributed by atoms with van der Waals surface area (Å²) in [5.74, 6) is -0.302. The van der Waals surface area contributed by atoms with Crippen LogP contribution in [0.5, 0.6) is 0 Å². The first-order chi connectivity index (χ1) is 14.3. The highest BCUT2D eigenvalue weighted by molar-refractivity contribution is 7.89. The number of aryl methyl sites for hydroxylation is 1. The summed E-state index contributed by atoms with van der Waals surface area (Å²) < 4.78 is 26.9. The minimum Gasteiger partial charge on any atom is -0.292 e. The second kappa shape index (κ2) is 9.89. The van der Waals surface area contributed by atoms with Crippen molar-refractivity contribution in [1.29, 1.82) is 0 Å². The van der Waals surface area contributed by atoms with E-state index in [0.717, 1.165) is 5.56 Å². The number of benzene rings is 2. The lowest BCUT2D eigenvalue weighted by Crippen LogP contribution is -2.50. The number of carbonyl (C=O) groups is 1. The first-order valence-corrected chi connectivity index (χ1v) is 11.5. The maximum atomic E-state index is 12.7. The number of nitrogens with one attached hydrogen (secondary N) is 1. The molecule has 1 aliphatic heterocycles. The van der Waals surface area contributed by atoms with Gasteiger partial charge in [-0.1, -0.05) is 47.0 Å². The molecule has 3 rings (SSSR count). The first-order valence-electron chi connectivity index (χ1n) is 9.32. The predicted molar refractivity (Wildman–Crippen MR) is 119 cm³/mol. The van der Waals surface area contributed by atoms with E-state index in [0.29, 0.717) is 41.8 Å². The van der Waals surface area contributed by atoms with Gasteiger partial charge < -0.3 is 0 Å². The van der Waals surface area contributed by atoms with Crippen LogP contribution in [0.3, 0.4) is 0 Å². The SMILES string of the molecule is Cc1ccc(S(=O)(=O)N2CCN(CC(=O)N/N=C\c3c(Cl)cccc3Cl)CC2)cc1. The molecule has 0 unspecified atom stereocenters. The van der Waals surface area contributed by atoms with Gasteiger partial charge in [-0.3, -0.25) is 9.69 Å². The van der Waals surface area contributed by atoms with Crippen molar-refractivity contribution in [2.75, 3.05) is 32.7 Å². The number of piperazine rings is 1. The normalized spacial score (nSPS) is 16.1. The van der Waals surface area contributed by atoms with Crippen LogP contribution in [-0.4, -0.2) is 62.5 Å². The van der Waals surface area contributed by atoms with Crippen molar-refractivity contribution in [3.05, 3.63) is 63.6 Å². The average molecular weight is 469 g/mol. The number of amides is 1. The number of nitrogens with zero attached hydrogens (tertiary/aromatic N) is 3. The lowest BCUT2D eigenvalue weighted by atomic mass is 10.2. The monoisotopic (exact) mass is 468 g/mol. The van der Waals surface area contributed by atoms with E-state index in [9.17, 15) is 13.2 Å². The Bertz CT molecular complexity index is 1010. The Labute approximate surface area is 186 Å². The molecule has 1 saturated heterocycles. The second-order valence-corrected chi connectivity index (χ2v) is 9.67. The van der Waals surface area contributed by atoms with Crippen LogP contribution in [0, 0.1) is 6.92 Å². The van der Waals surface area contributed by atoms with E-state index in [1.165, 1.54) is 10.5 Å². The number of carbonyl (C=O) groups excluding carboxylic acids is 1. The van der Waals surface area contributed by atoms with E-state index in [2.05, 4.69) is 10.5 Å². The van der Waals surface area contributed by atoms with Crippen molar-refractivity contribution in [1.82, 2.24) is 14.6 Å². The summed E-state index contributed by atoms with van der Waals surface area (Å²) in [5.41, 5.74) is 3.97. The summed E-state index contributed by atoms with van der Waals surface area (Å²) in [5, 5.41) is 4.78. The second-order valence-electron chi connectivity index (χ2n) is 6.92. The zero-order valence-electron chi connectivity index (χ0n) is 16.4. The molecule has 1 heterocycles. The van der Waals surface area contributed by atoms with Crippen molar-refractivity contribution in [2.24, 2.45) is 5.10 Å². The van der Waals surface area contributed by atoms with Crippen LogP contribution in [-0.2, 0) is 14.8 Å². The van der Waals surface area contributed by atoms with Crippen LogP contribution in [0.1, 0.15) is 11.1 Å². The lowest BCUT2D eigenvalue weighted by molar-refractivity contribution is -0.122. The molecule has 1 amide bonds. The quantitative estimate of drug-likeness (QED) is 0.521. The molecular weight excluding hydrogens is 447 g/mol. The molecule has 0 radical (unpaired) electrons. The average Bonchev–Trinajstić information content (AvgIpc) is 2.71. The molecule has 30 heavy (non-hydrogen) atoms. The van der Waals surface area contributed by atoms with Gasteiger partial charge in [-0.25, -0.2) is 13.8 Å². The van der Waals surface area contributed by atoms with Gasteiger partial charge in [0.05, 0.1) is 27.7 Å². The third-order valence-electron chi connectivity index (χ3n) is 4.74. The molecule has 1 aliphatic rings. The number of halogens is 2. The summed E-state index contributed by atoms with van der Waals surface area (Å²) in [6.07, 6.45) is 1.40. The summed E-state index contributed by atoms with van der Waals surface area (Å²) in [4.78, 5) is 14.3. The number of hydrogen-bond donors (Lipinski definition) is 1. The maximum absolute atomic E-state index is 12.7. The predicted octanol–water partition coefficient (Wildman–Crippen LogP) is 2.76. The van der Waals surface area contributed by atoms with Crippen LogP contribution in [0.15, 0.2) is 52.5 Å². The van der Waals surface area contributed by atoms with Gasteiger partial charge in [-0.15, -0.1) is 0 Å². The summed E-state index contributed by atoms with van der Waals surface area (Å²) in [6, 6.07) is 11.9. The molecule has 0 bridgehead atoms. The molecule has 7 nitrogen and oxygen atoms in total. The van der Waals surface area contributed by atoms with E-state index in [-0.39, 0.29) is 17.3 Å². The van der Waals surface area contributed by atoms with E-state index in [4.69, 9.17) is 23.2 Å². The van der Waals surface area contributed by atoms with Crippen LogP contribution in [0.4, 0.5) is 0 Å². The van der Waals surface area contributed by atoms with Crippen molar-refractivity contribution >= 4 is 45.3 Å². The lowest BCUT2D eigenvalue weighted by Gasteiger charge is -2.33. The number of rotatable bonds is 6. The van der Waals surface area contributed by atoms with Gasteiger partial charge in [0.1, 0.15) is 0 Å². The molecule has 0 aromatic heterocycles. The Morgan fingerprint density at radius 3 is 2.27 bits per heavy atom. The van der Waals surface area contributed by atoms with E-state index in [1.807, 2.05) is 11.8 Å². The van der Waals surface area contributed by atoms with Crippen LogP contribution in [0.25, 0.3) is 0 Å². The summed E-state index contributed by atoms with van der Waals surface area (Å²) in [6.45, 7) is 3.58. The van der Waals surface area contributed by atoms with Gasteiger partial charge >= 0.3 is 0 Å². The molecule has 0 saturated carbocycles. The smallest absolute Gasteiger partial charge is 0.254 e. The van der Waals surface area contributed by atoms with Crippen molar-refractivity contribution in [3.8, 4) is 0 Å². The van der Waals surface area contributed by atoms with Gasteiger partial charge in [0, 0.05) is 31.7 Å². The minimum absolute atomic E-state index is 0.117. The maximum Gasteiger partial charge on any atom is 0.254 e. The zero-order chi connectivity index (χ0) is 21.7. The molecule has 2 aromatic rings. The highest BCUT2D eigenvalue weighted by Crippen LogP contribution is 2.22. The van der Waals surface area contributed by atoms with Gasteiger partial charge in [0.15, 0.2) is 0 Å². The Morgan fingerprint density at radius 1 is 1.07 bits per heavy atom. The molecule has 2 aromatic carbocycles. The number of hydrazone groups is 1. The fraction of sp³-hybridized carbons (Fsp3) is 0.300. The molecule has 160 valence electrons. The standard InChI is InChI=1S/C20H22Cl2N4O3S/c1-15-5-7-16(8-6-15)30(28,29)26-11-9-25(10-12-26)14-20(27)24-23-13-17-18(21)3-2-4-19(17)22/h2-8,13H,9-12,14H2,1H3,(H,24,27)/b23-13-. The summed E-state index contributed by atoms with van der Waals surface area (Å²) >= 11 is 12.1. The molecule has 1 N–H and O–H groups in total. The first kappa shape index (κ1) is 22.7. The molecule has 1 fully saturated rings. The van der Waals surface area contributed by atoms with Crippen LogP contribution < -0.4 is 5.43 Å². The topological polar surface area (TPSA) is 82.1 Å². The van der Waals surface area contributed by atoms with E-state index >= 15 is 0 Å². The fourth-order valence-corrected chi connectivity index (χ4v) is 4.95. The number of sulfonamides is 1. The Hall–Kier alpha value is -1.97. The fourth-order valence-electron chi connectivity index (χ4n) is 3.03. The van der Waals surface area contributed by atoms with Gasteiger partial charge in [0.25, 0.3) is 5.91 Å². The highest BCUT2D eigenvalue weighted by Gasteiger charge is 2.28. The molecular formula is C20H22Cl2N4O3S. The molecule has 10 heteroatoms. The van der Waals surface area contributed by atoms with Crippen LogP contribution in [0.2, 0.25) is 10.0 Å². The third-order valence-corrected chi connectivity index (χ3v) is 7.31. The zero-order valence-corrected chi connectivity index (χ0v) is 18.7. The minimum atomic E-state index is -3.53. The third kappa shape index (κ3) is 5.59. The van der Waals surface area contributed by atoms with Gasteiger partial charge in [-0.2, -0.15) is 9.41 Å².